The zero-order chi connectivity index (χ0) is 35.6. The lowest BCUT2D eigenvalue weighted by atomic mass is 9.82. The second kappa shape index (κ2) is 17.8. The van der Waals surface area contributed by atoms with Crippen LogP contribution in [0.3, 0.4) is 0 Å². The number of amides is 1. The Bertz CT molecular complexity index is 1720. The van der Waals surface area contributed by atoms with Gasteiger partial charge in [-0.1, -0.05) is 73.9 Å². The number of para-hydroxylation sites is 2. The van der Waals surface area contributed by atoms with Crippen molar-refractivity contribution in [2.45, 2.75) is 61.9 Å². The lowest BCUT2D eigenvalue weighted by molar-refractivity contribution is -0.384. The van der Waals surface area contributed by atoms with Crippen molar-refractivity contribution in [3.05, 3.63) is 130 Å². The highest BCUT2D eigenvalue weighted by Gasteiger charge is 2.32. The van der Waals surface area contributed by atoms with Crippen molar-refractivity contribution in [1.29, 1.82) is 0 Å². The lowest BCUT2D eigenvalue weighted by Gasteiger charge is -2.37. The maximum atomic E-state index is 14.5. The number of hydrogen-bond donors (Lipinski definition) is 0. The van der Waals surface area contributed by atoms with Crippen molar-refractivity contribution < 1.29 is 9.72 Å². The van der Waals surface area contributed by atoms with Crippen molar-refractivity contribution in [3.63, 3.8) is 0 Å². The minimum absolute atomic E-state index is 0.0683. The summed E-state index contributed by atoms with van der Waals surface area (Å²) in [6.07, 6.45) is 7.35. The van der Waals surface area contributed by atoms with Crippen molar-refractivity contribution in [2.75, 3.05) is 62.4 Å². The summed E-state index contributed by atoms with van der Waals surface area (Å²) < 4.78 is 0. The third-order valence-corrected chi connectivity index (χ3v) is 11.5. The molecule has 2 aliphatic rings. The number of hydrogen-bond acceptors (Lipinski definition) is 7. The number of benzene rings is 4. The van der Waals surface area contributed by atoms with Crippen LogP contribution in [0.15, 0.2) is 108 Å². The smallest absolute Gasteiger partial charge is 0.292 e. The Morgan fingerprint density at radius 1 is 0.843 bits per heavy atom. The van der Waals surface area contributed by atoms with Crippen LogP contribution in [0.25, 0.3) is 0 Å². The number of anilines is 2. The molecule has 0 unspecified atom stereocenters. The first kappa shape index (κ1) is 36.6. The first-order valence-electron chi connectivity index (χ1n) is 18.4. The van der Waals surface area contributed by atoms with E-state index >= 15 is 0 Å². The van der Waals surface area contributed by atoms with Crippen LogP contribution in [0, 0.1) is 10.1 Å². The Labute approximate surface area is 307 Å². The monoisotopic (exact) mass is 705 g/mol. The van der Waals surface area contributed by atoms with Crippen LogP contribution >= 0.6 is 11.8 Å². The average molecular weight is 706 g/mol. The average Bonchev–Trinajstić information content (AvgIpc) is 3.17. The van der Waals surface area contributed by atoms with Crippen LogP contribution < -0.4 is 9.80 Å². The van der Waals surface area contributed by atoms with E-state index < -0.39 is 0 Å². The molecular formula is C42H51N5O3S. The molecule has 0 N–H and O–H groups in total. The normalized spacial score (nSPS) is 16.3. The SMILES string of the molecule is CN(C)CC[C@H](CSc1ccccc1)N(C(=O)c1ccc(N2CCN(Cc3ccccc3C3CCCCC3)CC2)cc1)c1ccccc1[N+](=O)[O-]. The van der Waals surface area contributed by atoms with Gasteiger partial charge in [-0.15, -0.1) is 11.8 Å². The number of carbonyl (C=O) groups excluding carboxylic acids is 1. The summed E-state index contributed by atoms with van der Waals surface area (Å²) in [5.41, 5.74) is 4.91. The van der Waals surface area contributed by atoms with E-state index in [4.69, 9.17) is 0 Å². The Morgan fingerprint density at radius 3 is 2.22 bits per heavy atom. The van der Waals surface area contributed by atoms with E-state index in [9.17, 15) is 14.9 Å². The van der Waals surface area contributed by atoms with Gasteiger partial charge in [-0.05, 0) is 99.4 Å². The Kier molecular flexibility index (Phi) is 12.8. The molecule has 4 aromatic carbocycles. The number of nitro benzene ring substituents is 1. The van der Waals surface area contributed by atoms with Gasteiger partial charge in [0, 0.05) is 66.7 Å². The minimum Gasteiger partial charge on any atom is -0.369 e. The van der Waals surface area contributed by atoms with E-state index in [1.54, 1.807) is 40.4 Å². The van der Waals surface area contributed by atoms with E-state index in [0.29, 0.717) is 29.3 Å². The fourth-order valence-electron chi connectivity index (χ4n) is 7.55. The Hall–Kier alpha value is -4.18. The van der Waals surface area contributed by atoms with Crippen LogP contribution in [-0.2, 0) is 6.54 Å². The van der Waals surface area contributed by atoms with Crippen LogP contribution in [0.1, 0.15) is 65.9 Å². The highest BCUT2D eigenvalue weighted by Crippen LogP contribution is 2.36. The first-order valence-corrected chi connectivity index (χ1v) is 19.4. The molecule has 0 bridgehead atoms. The minimum atomic E-state index is -0.389. The maximum absolute atomic E-state index is 14.5. The number of rotatable bonds is 14. The second-order valence-corrected chi connectivity index (χ2v) is 15.2. The van der Waals surface area contributed by atoms with Crippen molar-refractivity contribution in [1.82, 2.24) is 9.80 Å². The van der Waals surface area contributed by atoms with Gasteiger partial charge in [0.05, 0.1) is 4.92 Å². The largest absolute Gasteiger partial charge is 0.369 e. The molecule has 0 radical (unpaired) electrons. The van der Waals surface area contributed by atoms with Gasteiger partial charge in [-0.3, -0.25) is 24.7 Å². The van der Waals surface area contributed by atoms with Gasteiger partial charge in [0.2, 0.25) is 0 Å². The van der Waals surface area contributed by atoms with E-state index in [1.807, 2.05) is 56.6 Å². The van der Waals surface area contributed by atoms with Gasteiger partial charge in [0.1, 0.15) is 5.69 Å². The van der Waals surface area contributed by atoms with Crippen LogP contribution in [0.2, 0.25) is 0 Å². The summed E-state index contributed by atoms with van der Waals surface area (Å²) in [6, 6.07) is 33.3. The summed E-state index contributed by atoms with van der Waals surface area (Å²) in [4.78, 5) is 36.2. The molecule has 1 atom stereocenters. The topological polar surface area (TPSA) is 73.2 Å². The maximum Gasteiger partial charge on any atom is 0.292 e. The quantitative estimate of drug-likeness (QED) is 0.0738. The van der Waals surface area contributed by atoms with E-state index in [2.05, 4.69) is 51.1 Å². The zero-order valence-corrected chi connectivity index (χ0v) is 30.8. The van der Waals surface area contributed by atoms with Crippen molar-refractivity contribution >= 4 is 34.7 Å². The van der Waals surface area contributed by atoms with E-state index in [1.165, 1.54) is 43.7 Å². The predicted octanol–water partition coefficient (Wildman–Crippen LogP) is 8.72. The molecule has 8 nitrogen and oxygen atoms in total. The van der Waals surface area contributed by atoms with Crippen molar-refractivity contribution in [2.24, 2.45) is 0 Å². The molecule has 1 aliphatic heterocycles. The van der Waals surface area contributed by atoms with Crippen LogP contribution in [0.4, 0.5) is 17.1 Å². The van der Waals surface area contributed by atoms with E-state index in [0.717, 1.165) is 49.9 Å². The predicted molar refractivity (Wildman–Crippen MR) is 210 cm³/mol. The molecule has 1 amide bonds. The van der Waals surface area contributed by atoms with Gasteiger partial charge in [-0.25, -0.2) is 0 Å². The third kappa shape index (κ3) is 9.58. The van der Waals surface area contributed by atoms with Crippen LogP contribution in [-0.4, -0.2) is 79.2 Å². The molecule has 1 aliphatic carbocycles. The fourth-order valence-corrected chi connectivity index (χ4v) is 8.60. The van der Waals surface area contributed by atoms with Crippen LogP contribution in [0.5, 0.6) is 0 Å². The molecule has 1 saturated carbocycles. The molecule has 268 valence electrons. The standard InChI is InChI=1S/C42H51N5O3S/c1-43(2)26-25-37(32-51-38-16-7-4-8-17-38)46(40-19-11-12-20-41(40)47(49)50)42(48)34-21-23-36(24-22-34)45-29-27-44(28-30-45)31-35-15-9-10-18-39(35)33-13-5-3-6-14-33/h4,7-12,15-24,33,37H,3,5-6,13-14,25-32H2,1-2H3/t37-/m1/s1. The van der Waals surface area contributed by atoms with E-state index in [-0.39, 0.29) is 22.6 Å². The Morgan fingerprint density at radius 2 is 1.51 bits per heavy atom. The molecule has 9 heteroatoms. The fraction of sp³-hybridized carbons (Fsp3) is 0.405. The highest BCUT2D eigenvalue weighted by molar-refractivity contribution is 7.99. The summed E-state index contributed by atoms with van der Waals surface area (Å²) in [5, 5.41) is 12.2. The van der Waals surface area contributed by atoms with Gasteiger partial charge < -0.3 is 9.80 Å². The molecule has 0 spiro atoms. The number of piperazine rings is 1. The van der Waals surface area contributed by atoms with Crippen molar-refractivity contribution in [3.8, 4) is 0 Å². The van der Waals surface area contributed by atoms with Gasteiger partial charge in [0.25, 0.3) is 11.6 Å². The number of carbonyl (C=O) groups is 1. The Balaban J connectivity index is 1.17. The first-order chi connectivity index (χ1) is 24.9. The number of nitro groups is 1. The molecule has 1 saturated heterocycles. The summed E-state index contributed by atoms with van der Waals surface area (Å²) in [5.74, 6) is 1.07. The van der Waals surface area contributed by atoms with Gasteiger partial charge in [-0.2, -0.15) is 0 Å². The number of thioether (sulfide) groups is 1. The molecule has 4 aromatic rings. The zero-order valence-electron chi connectivity index (χ0n) is 30.0. The summed E-state index contributed by atoms with van der Waals surface area (Å²) >= 11 is 1.67. The summed E-state index contributed by atoms with van der Waals surface area (Å²) in [7, 11) is 4.01. The molecular weight excluding hydrogens is 655 g/mol. The third-order valence-electron chi connectivity index (χ3n) is 10.4. The molecule has 6 rings (SSSR count). The molecule has 1 heterocycles. The number of nitrogens with zero attached hydrogens (tertiary/aromatic N) is 5. The lowest BCUT2D eigenvalue weighted by Crippen LogP contribution is -2.46. The molecule has 2 fully saturated rings. The van der Waals surface area contributed by atoms with Gasteiger partial charge in [0.15, 0.2) is 0 Å². The second-order valence-electron chi connectivity index (χ2n) is 14.1. The summed E-state index contributed by atoms with van der Waals surface area (Å²) in [6.45, 7) is 5.54. The highest BCUT2D eigenvalue weighted by atomic mass is 32.2. The van der Waals surface area contributed by atoms with Gasteiger partial charge >= 0.3 is 0 Å². The molecule has 0 aromatic heterocycles. The molecule has 51 heavy (non-hydrogen) atoms.